The molecule has 1 fully saturated rings. The zero-order chi connectivity index (χ0) is 25.1. The molecule has 0 aromatic heterocycles. The number of ether oxygens (including phenoxy) is 2. The van der Waals surface area contributed by atoms with Gasteiger partial charge in [-0.25, -0.2) is 0 Å². The SMILES string of the molecule is CCOc1cc(/C=C2/SC(=S)N(c3ccc(C)cc3)C2=O)cc(Br)c1OCc1ccc(Cl)cc1Cl. The monoisotopic (exact) mass is 607 g/mol. The molecule has 4 rings (SSSR count). The van der Waals surface area contributed by atoms with Gasteiger partial charge < -0.3 is 9.47 Å². The van der Waals surface area contributed by atoms with E-state index < -0.39 is 0 Å². The number of hydrogen-bond acceptors (Lipinski definition) is 5. The molecule has 9 heteroatoms. The summed E-state index contributed by atoms with van der Waals surface area (Å²) in [7, 11) is 0. The number of halogens is 3. The largest absolute Gasteiger partial charge is 0.490 e. The Balaban J connectivity index is 1.60. The molecule has 0 atom stereocenters. The number of rotatable bonds is 7. The number of amides is 1. The van der Waals surface area contributed by atoms with Crippen molar-refractivity contribution in [2.24, 2.45) is 0 Å². The second-order valence-corrected chi connectivity index (χ2v) is 11.0. The van der Waals surface area contributed by atoms with Crippen LogP contribution in [0.25, 0.3) is 6.08 Å². The fourth-order valence-corrected chi connectivity index (χ4v) is 5.73. The second-order valence-electron chi connectivity index (χ2n) is 7.64. The number of nitrogens with zero attached hydrogens (tertiary/aromatic N) is 1. The fourth-order valence-electron chi connectivity index (χ4n) is 3.40. The number of anilines is 1. The molecule has 0 radical (unpaired) electrons. The van der Waals surface area contributed by atoms with Gasteiger partial charge in [-0.3, -0.25) is 9.69 Å². The van der Waals surface area contributed by atoms with Crippen LogP contribution in [0.5, 0.6) is 11.5 Å². The molecule has 1 aliphatic rings. The zero-order valence-electron chi connectivity index (χ0n) is 18.8. The quantitative estimate of drug-likeness (QED) is 0.199. The Hall–Kier alpha value is -2.03. The molecular formula is C26H20BrCl2NO3S2. The van der Waals surface area contributed by atoms with E-state index in [-0.39, 0.29) is 12.5 Å². The van der Waals surface area contributed by atoms with E-state index in [1.165, 1.54) is 11.8 Å². The van der Waals surface area contributed by atoms with Crippen LogP contribution in [0.4, 0.5) is 5.69 Å². The molecule has 0 N–H and O–H groups in total. The predicted molar refractivity (Wildman–Crippen MR) is 153 cm³/mol. The summed E-state index contributed by atoms with van der Waals surface area (Å²) in [6.07, 6.45) is 1.81. The van der Waals surface area contributed by atoms with Crippen molar-refractivity contribution in [1.29, 1.82) is 0 Å². The van der Waals surface area contributed by atoms with Crippen LogP contribution >= 0.6 is 63.1 Å². The minimum absolute atomic E-state index is 0.157. The van der Waals surface area contributed by atoms with Crippen LogP contribution in [-0.2, 0) is 11.4 Å². The molecule has 0 bridgehead atoms. The van der Waals surface area contributed by atoms with Crippen LogP contribution in [0.1, 0.15) is 23.6 Å². The summed E-state index contributed by atoms with van der Waals surface area (Å²) < 4.78 is 13.1. The summed E-state index contributed by atoms with van der Waals surface area (Å²) in [6, 6.07) is 16.7. The van der Waals surface area contributed by atoms with Gasteiger partial charge in [0.15, 0.2) is 15.8 Å². The molecule has 3 aromatic carbocycles. The van der Waals surface area contributed by atoms with Crippen molar-refractivity contribution in [2.45, 2.75) is 20.5 Å². The Bertz CT molecular complexity index is 1330. The van der Waals surface area contributed by atoms with Gasteiger partial charge in [-0.05, 0) is 77.8 Å². The minimum Gasteiger partial charge on any atom is -0.490 e. The zero-order valence-corrected chi connectivity index (χ0v) is 23.5. The number of thiocarbonyl (C=S) groups is 1. The third-order valence-electron chi connectivity index (χ3n) is 5.10. The average Bonchev–Trinajstić information content (AvgIpc) is 3.08. The first kappa shape index (κ1) is 26.0. The average molecular weight is 609 g/mol. The van der Waals surface area contributed by atoms with Crippen molar-refractivity contribution >= 4 is 85.1 Å². The lowest BCUT2D eigenvalue weighted by Gasteiger charge is -2.16. The summed E-state index contributed by atoms with van der Waals surface area (Å²) >= 11 is 22.6. The third kappa shape index (κ3) is 6.04. The first-order valence-corrected chi connectivity index (χ1v) is 13.4. The van der Waals surface area contributed by atoms with Crippen molar-refractivity contribution < 1.29 is 14.3 Å². The van der Waals surface area contributed by atoms with Gasteiger partial charge in [-0.2, -0.15) is 0 Å². The lowest BCUT2D eigenvalue weighted by atomic mass is 10.1. The predicted octanol–water partition coefficient (Wildman–Crippen LogP) is 8.45. The van der Waals surface area contributed by atoms with Gasteiger partial charge >= 0.3 is 0 Å². The molecule has 0 spiro atoms. The molecule has 1 amide bonds. The van der Waals surface area contributed by atoms with E-state index in [4.69, 9.17) is 44.9 Å². The molecule has 3 aromatic rings. The van der Waals surface area contributed by atoms with Gasteiger partial charge in [-0.15, -0.1) is 0 Å². The first-order chi connectivity index (χ1) is 16.8. The number of aryl methyl sites for hydroxylation is 1. The van der Waals surface area contributed by atoms with E-state index in [1.807, 2.05) is 56.3 Å². The summed E-state index contributed by atoms with van der Waals surface area (Å²) in [5.74, 6) is 0.935. The van der Waals surface area contributed by atoms with Crippen molar-refractivity contribution in [3.8, 4) is 11.5 Å². The van der Waals surface area contributed by atoms with Crippen LogP contribution in [0.15, 0.2) is 64.0 Å². The molecule has 35 heavy (non-hydrogen) atoms. The normalized spacial score (nSPS) is 14.7. The standard InChI is InChI=1S/C26H20BrCl2NO3S2/c1-3-32-22-11-16(10-20(27)24(22)33-14-17-6-7-18(28)13-21(17)29)12-23-25(31)30(26(34)35-23)19-8-4-15(2)5-9-19/h4-13H,3,14H2,1-2H3/b23-12+. The van der Waals surface area contributed by atoms with Gasteiger partial charge in [0.2, 0.25) is 0 Å². The second kappa shape index (κ2) is 11.4. The highest BCUT2D eigenvalue weighted by molar-refractivity contribution is 9.10. The van der Waals surface area contributed by atoms with Gasteiger partial charge in [-0.1, -0.05) is 70.9 Å². The highest BCUT2D eigenvalue weighted by Crippen LogP contribution is 2.41. The molecule has 1 heterocycles. The summed E-state index contributed by atoms with van der Waals surface area (Å²) in [5.41, 5.74) is 3.45. The summed E-state index contributed by atoms with van der Waals surface area (Å²) in [4.78, 5) is 15.2. The minimum atomic E-state index is -0.157. The van der Waals surface area contributed by atoms with E-state index in [2.05, 4.69) is 15.9 Å². The van der Waals surface area contributed by atoms with Crippen LogP contribution in [-0.4, -0.2) is 16.8 Å². The first-order valence-electron chi connectivity index (χ1n) is 10.6. The number of hydrogen-bond donors (Lipinski definition) is 0. The molecule has 180 valence electrons. The number of benzene rings is 3. The molecule has 0 saturated carbocycles. The Morgan fingerprint density at radius 2 is 1.83 bits per heavy atom. The van der Waals surface area contributed by atoms with Crippen LogP contribution in [0, 0.1) is 6.92 Å². The number of thioether (sulfide) groups is 1. The van der Waals surface area contributed by atoms with E-state index in [1.54, 1.807) is 23.1 Å². The maximum atomic E-state index is 13.1. The molecular weight excluding hydrogens is 589 g/mol. The van der Waals surface area contributed by atoms with Gasteiger partial charge in [0, 0.05) is 15.6 Å². The van der Waals surface area contributed by atoms with Crippen LogP contribution in [0.3, 0.4) is 0 Å². The van der Waals surface area contributed by atoms with Gasteiger partial charge in [0.1, 0.15) is 6.61 Å². The fraction of sp³-hybridized carbons (Fsp3) is 0.154. The molecule has 0 unspecified atom stereocenters. The number of carbonyl (C=O) groups is 1. The third-order valence-corrected chi connectivity index (χ3v) is 7.58. The van der Waals surface area contributed by atoms with Crippen molar-refractivity contribution in [2.75, 3.05) is 11.5 Å². The summed E-state index contributed by atoms with van der Waals surface area (Å²) in [6.45, 7) is 4.58. The van der Waals surface area contributed by atoms with Crippen molar-refractivity contribution in [3.63, 3.8) is 0 Å². The summed E-state index contributed by atoms with van der Waals surface area (Å²) in [5, 5.41) is 1.09. The molecule has 4 nitrogen and oxygen atoms in total. The topological polar surface area (TPSA) is 38.8 Å². The highest BCUT2D eigenvalue weighted by atomic mass is 79.9. The van der Waals surface area contributed by atoms with E-state index in [0.29, 0.717) is 41.8 Å². The molecule has 0 aliphatic carbocycles. The van der Waals surface area contributed by atoms with E-state index >= 15 is 0 Å². The maximum absolute atomic E-state index is 13.1. The lowest BCUT2D eigenvalue weighted by molar-refractivity contribution is -0.113. The van der Waals surface area contributed by atoms with Crippen molar-refractivity contribution in [3.05, 3.63) is 90.7 Å². The molecule has 1 saturated heterocycles. The Morgan fingerprint density at radius 1 is 1.09 bits per heavy atom. The smallest absolute Gasteiger partial charge is 0.270 e. The maximum Gasteiger partial charge on any atom is 0.270 e. The Labute approximate surface area is 232 Å². The number of carbonyl (C=O) groups excluding carboxylic acids is 1. The van der Waals surface area contributed by atoms with Gasteiger partial charge in [0.25, 0.3) is 5.91 Å². The highest BCUT2D eigenvalue weighted by Gasteiger charge is 2.33. The van der Waals surface area contributed by atoms with Crippen molar-refractivity contribution in [1.82, 2.24) is 0 Å². The Morgan fingerprint density at radius 3 is 2.51 bits per heavy atom. The van der Waals surface area contributed by atoms with Crippen LogP contribution in [0.2, 0.25) is 10.0 Å². The Kier molecular flexibility index (Phi) is 8.45. The van der Waals surface area contributed by atoms with Crippen LogP contribution < -0.4 is 14.4 Å². The van der Waals surface area contributed by atoms with E-state index in [9.17, 15) is 4.79 Å². The van der Waals surface area contributed by atoms with E-state index in [0.717, 1.165) is 22.4 Å². The van der Waals surface area contributed by atoms with Gasteiger partial charge in [0.05, 0.1) is 21.7 Å². The lowest BCUT2D eigenvalue weighted by Crippen LogP contribution is -2.27. The molecule has 1 aliphatic heterocycles.